The van der Waals surface area contributed by atoms with Gasteiger partial charge in [0.15, 0.2) is 6.23 Å². The summed E-state index contributed by atoms with van der Waals surface area (Å²) in [6, 6.07) is 6.35. The Morgan fingerprint density at radius 1 is 1.09 bits per heavy atom. The molecule has 1 aromatic carbocycles. The first kappa shape index (κ1) is 25.8. The molecule has 6 nitrogen and oxygen atoms in total. The van der Waals surface area contributed by atoms with Gasteiger partial charge in [-0.15, -0.1) is 0 Å². The average molecular weight is 443 g/mol. The van der Waals surface area contributed by atoms with Gasteiger partial charge in [0.25, 0.3) is 5.91 Å². The summed E-state index contributed by atoms with van der Waals surface area (Å²) in [5.74, 6) is -0.0698. The molecular formula is C26H42N4O2. The van der Waals surface area contributed by atoms with Gasteiger partial charge in [-0.05, 0) is 69.8 Å². The molecule has 0 bridgehead atoms. The molecule has 2 rings (SSSR count). The highest BCUT2D eigenvalue weighted by Gasteiger charge is 2.20. The number of carbonyl (C=O) groups is 1. The maximum atomic E-state index is 13.2. The number of amides is 1. The first-order valence-electron chi connectivity index (χ1n) is 12.1. The highest BCUT2D eigenvalue weighted by Crippen LogP contribution is 2.26. The minimum absolute atomic E-state index is 0.0661. The third-order valence-electron chi connectivity index (χ3n) is 5.58. The molecule has 0 spiro atoms. The topological polar surface area (TPSA) is 65.6 Å². The number of carbonyl (C=O) groups excluding carboxylic acids is 1. The van der Waals surface area contributed by atoms with Crippen LogP contribution in [0.5, 0.6) is 0 Å². The zero-order chi connectivity index (χ0) is 23.5. The van der Waals surface area contributed by atoms with E-state index in [9.17, 15) is 4.79 Å². The van der Waals surface area contributed by atoms with Crippen LogP contribution in [0.1, 0.15) is 88.0 Å². The minimum atomic E-state index is -0.296. The van der Waals surface area contributed by atoms with Crippen molar-refractivity contribution in [3.8, 4) is 0 Å². The van der Waals surface area contributed by atoms with E-state index in [4.69, 9.17) is 4.74 Å². The molecule has 0 aliphatic carbocycles. The number of benzene rings is 1. The molecule has 1 amide bonds. The van der Waals surface area contributed by atoms with E-state index in [1.54, 1.807) is 12.5 Å². The standard InChI is InChI=1S/C26H42N4O2/c1-7-10-27-19(4)15-20(5)29-25(31)23-16-22(21(6)30(12-8-2)13-9-3)17-24(18-23)26-28-11-14-32-26/h11,14,16-20,26-28H,6-10,12-13,15H2,1-5H3,(H,29,31)/t19-,20+,26?/m1/s1. The fraction of sp³-hybridized carbons (Fsp3) is 0.577. The highest BCUT2D eigenvalue weighted by molar-refractivity contribution is 5.95. The summed E-state index contributed by atoms with van der Waals surface area (Å²) < 4.78 is 5.66. The lowest BCUT2D eigenvalue weighted by Gasteiger charge is -2.27. The van der Waals surface area contributed by atoms with Crippen LogP contribution in [-0.2, 0) is 4.74 Å². The predicted molar refractivity (Wildman–Crippen MR) is 133 cm³/mol. The lowest BCUT2D eigenvalue weighted by molar-refractivity contribution is 0.0936. The summed E-state index contributed by atoms with van der Waals surface area (Å²) in [6.45, 7) is 18.0. The lowest BCUT2D eigenvalue weighted by atomic mass is 10.0. The van der Waals surface area contributed by atoms with Crippen molar-refractivity contribution in [2.75, 3.05) is 19.6 Å². The summed E-state index contributed by atoms with van der Waals surface area (Å²) in [5.41, 5.74) is 3.45. The second-order valence-electron chi connectivity index (χ2n) is 8.73. The molecule has 32 heavy (non-hydrogen) atoms. The summed E-state index contributed by atoms with van der Waals surface area (Å²) >= 11 is 0. The molecule has 1 unspecified atom stereocenters. The van der Waals surface area contributed by atoms with Crippen LogP contribution in [0, 0.1) is 0 Å². The van der Waals surface area contributed by atoms with Crippen LogP contribution >= 0.6 is 0 Å². The Labute approximate surface area is 194 Å². The van der Waals surface area contributed by atoms with Crippen molar-refractivity contribution in [2.45, 2.75) is 78.6 Å². The van der Waals surface area contributed by atoms with Gasteiger partial charge < -0.3 is 25.6 Å². The molecular weight excluding hydrogens is 400 g/mol. The van der Waals surface area contributed by atoms with Gasteiger partial charge in [-0.3, -0.25) is 4.79 Å². The van der Waals surface area contributed by atoms with Gasteiger partial charge >= 0.3 is 0 Å². The van der Waals surface area contributed by atoms with Crippen LogP contribution in [0.25, 0.3) is 5.70 Å². The van der Waals surface area contributed by atoms with Crippen LogP contribution in [0.4, 0.5) is 0 Å². The molecule has 3 atom stereocenters. The number of hydrogen-bond donors (Lipinski definition) is 3. The number of nitrogens with one attached hydrogen (secondary N) is 3. The number of hydrogen-bond acceptors (Lipinski definition) is 5. The minimum Gasteiger partial charge on any atom is -0.473 e. The molecule has 0 radical (unpaired) electrons. The Bertz CT molecular complexity index is 763. The predicted octanol–water partition coefficient (Wildman–Crippen LogP) is 4.77. The van der Waals surface area contributed by atoms with E-state index in [0.29, 0.717) is 11.6 Å². The molecule has 1 aromatic rings. The van der Waals surface area contributed by atoms with Crippen molar-refractivity contribution in [2.24, 2.45) is 0 Å². The Morgan fingerprint density at radius 3 is 2.38 bits per heavy atom. The summed E-state index contributed by atoms with van der Waals surface area (Å²) in [7, 11) is 0. The average Bonchev–Trinajstić information content (AvgIpc) is 3.31. The molecule has 6 heteroatoms. The second kappa shape index (κ2) is 13.2. The van der Waals surface area contributed by atoms with Gasteiger partial charge in [-0.1, -0.05) is 27.4 Å². The Balaban J connectivity index is 2.22. The van der Waals surface area contributed by atoms with Crippen molar-refractivity contribution in [3.05, 3.63) is 53.9 Å². The first-order chi connectivity index (χ1) is 15.4. The van der Waals surface area contributed by atoms with Crippen LogP contribution in [-0.4, -0.2) is 42.5 Å². The third kappa shape index (κ3) is 7.59. The van der Waals surface area contributed by atoms with Gasteiger partial charge in [0.1, 0.15) is 6.26 Å². The zero-order valence-corrected chi connectivity index (χ0v) is 20.5. The van der Waals surface area contributed by atoms with Gasteiger partial charge in [-0.2, -0.15) is 0 Å². The molecule has 178 valence electrons. The van der Waals surface area contributed by atoms with Crippen molar-refractivity contribution < 1.29 is 9.53 Å². The van der Waals surface area contributed by atoms with E-state index in [1.807, 2.05) is 12.1 Å². The van der Waals surface area contributed by atoms with Crippen LogP contribution in [0.2, 0.25) is 0 Å². The molecule has 1 heterocycles. The van der Waals surface area contributed by atoms with Crippen molar-refractivity contribution >= 4 is 11.6 Å². The largest absolute Gasteiger partial charge is 0.473 e. The third-order valence-corrected chi connectivity index (χ3v) is 5.58. The lowest BCUT2D eigenvalue weighted by Crippen LogP contribution is -2.38. The maximum Gasteiger partial charge on any atom is 0.251 e. The molecule has 0 aromatic heterocycles. The second-order valence-corrected chi connectivity index (χ2v) is 8.73. The number of nitrogens with zero attached hydrogens (tertiary/aromatic N) is 1. The van der Waals surface area contributed by atoms with Crippen LogP contribution in [0.3, 0.4) is 0 Å². The quantitative estimate of drug-likeness (QED) is 0.387. The molecule has 0 saturated heterocycles. The Hall–Kier alpha value is -2.47. The van der Waals surface area contributed by atoms with Gasteiger partial charge in [0, 0.05) is 48.2 Å². The summed E-state index contributed by atoms with van der Waals surface area (Å²) in [6.07, 6.45) is 7.19. The monoisotopic (exact) mass is 442 g/mol. The van der Waals surface area contributed by atoms with E-state index in [1.165, 1.54) is 0 Å². The van der Waals surface area contributed by atoms with Crippen molar-refractivity contribution in [1.29, 1.82) is 0 Å². The van der Waals surface area contributed by atoms with Crippen molar-refractivity contribution in [1.82, 2.24) is 20.9 Å². The van der Waals surface area contributed by atoms with Gasteiger partial charge in [-0.25, -0.2) is 0 Å². The molecule has 0 fully saturated rings. The van der Waals surface area contributed by atoms with E-state index in [-0.39, 0.29) is 18.2 Å². The van der Waals surface area contributed by atoms with Crippen LogP contribution in [0.15, 0.2) is 37.2 Å². The first-order valence-corrected chi connectivity index (χ1v) is 12.1. The van der Waals surface area contributed by atoms with Gasteiger partial charge in [0.05, 0.1) is 0 Å². The van der Waals surface area contributed by atoms with Gasteiger partial charge in [0.2, 0.25) is 0 Å². The van der Waals surface area contributed by atoms with Crippen LogP contribution < -0.4 is 16.0 Å². The van der Waals surface area contributed by atoms with E-state index >= 15 is 0 Å². The molecule has 1 aliphatic rings. The molecule has 3 N–H and O–H groups in total. The van der Waals surface area contributed by atoms with E-state index in [2.05, 4.69) is 68.1 Å². The smallest absolute Gasteiger partial charge is 0.251 e. The zero-order valence-electron chi connectivity index (χ0n) is 20.5. The summed E-state index contributed by atoms with van der Waals surface area (Å²) in [5, 5.41) is 9.84. The SMILES string of the molecule is C=C(c1cc(C(=O)N[C@@H](C)C[C@@H](C)NCCC)cc(C2NC=CO2)c1)N(CCC)CCC. The number of ether oxygens (including phenoxy) is 1. The Kier molecular flexibility index (Phi) is 10.6. The normalized spacial score (nSPS) is 16.7. The summed E-state index contributed by atoms with van der Waals surface area (Å²) in [4.78, 5) is 15.5. The fourth-order valence-electron chi connectivity index (χ4n) is 4.03. The molecule has 0 saturated carbocycles. The maximum absolute atomic E-state index is 13.2. The molecule has 1 aliphatic heterocycles. The Morgan fingerprint density at radius 2 is 1.78 bits per heavy atom. The van der Waals surface area contributed by atoms with E-state index < -0.39 is 0 Å². The van der Waals surface area contributed by atoms with Crippen molar-refractivity contribution in [3.63, 3.8) is 0 Å². The highest BCUT2D eigenvalue weighted by atomic mass is 16.5. The number of rotatable bonds is 14. The fourth-order valence-corrected chi connectivity index (χ4v) is 4.03. The van der Waals surface area contributed by atoms with E-state index in [0.717, 1.165) is 62.1 Å².